The Morgan fingerprint density at radius 1 is 0.969 bits per heavy atom. The number of amides is 4. The number of nitrogens with one attached hydrogen (secondary N) is 2. The summed E-state index contributed by atoms with van der Waals surface area (Å²) < 4.78 is 13.6. The minimum atomic E-state index is -1.02. The van der Waals surface area contributed by atoms with E-state index in [0.29, 0.717) is 75.8 Å². The molecule has 3 aromatic carbocycles. The van der Waals surface area contributed by atoms with Gasteiger partial charge < -0.3 is 35.2 Å². The fourth-order valence-electron chi connectivity index (χ4n) is 8.99. The van der Waals surface area contributed by atoms with E-state index in [1.54, 1.807) is 29.4 Å². The Bertz CT molecular complexity index is 2430. The molecule has 1 unspecified atom stereocenters. The van der Waals surface area contributed by atoms with Crippen molar-refractivity contribution < 1.29 is 38.6 Å². The fourth-order valence-corrected chi connectivity index (χ4v) is 8.99. The van der Waals surface area contributed by atoms with E-state index >= 15 is 0 Å². The van der Waals surface area contributed by atoms with Crippen LogP contribution in [0, 0.1) is 20.8 Å². The second-order valence-electron chi connectivity index (χ2n) is 16.9. The zero-order valence-electron chi connectivity index (χ0n) is 37.0. The molecular weight excluding hydrogens is 817 g/mol. The molecule has 0 spiro atoms. The molecule has 16 nitrogen and oxygen atoms in total. The molecular formula is C48H60N8O8. The number of piperidine rings is 1. The SMILES string of the molecule is Cc1cc(OCCCc2c(C(=O)O)n(CCN3CCOCC3)c3c(/C(N)=C/N(N)CCCCCCNc4cccc5c4C(=O)N(C4CCC(=O)NC4=O)C5=O)cccc23)cc(C)c1C. The maximum atomic E-state index is 13.4. The number of rotatable bonds is 20. The normalized spacial score (nSPS) is 17.0. The van der Waals surface area contributed by atoms with Crippen molar-refractivity contribution in [3.63, 3.8) is 0 Å². The number of carbonyl (C=O) groups is 5. The number of fused-ring (bicyclic) bond motifs is 2. The highest BCUT2D eigenvalue weighted by molar-refractivity contribution is 6.25. The molecule has 340 valence electrons. The zero-order valence-corrected chi connectivity index (χ0v) is 37.0. The second kappa shape index (κ2) is 20.5. The van der Waals surface area contributed by atoms with E-state index < -0.39 is 35.6 Å². The number of morpholine rings is 1. The lowest BCUT2D eigenvalue weighted by Gasteiger charge is -2.27. The molecule has 0 bridgehead atoms. The third-order valence-electron chi connectivity index (χ3n) is 12.6. The molecule has 16 heteroatoms. The molecule has 0 saturated carbocycles. The number of nitrogens with two attached hydrogens (primary N) is 2. The molecule has 4 amide bonds. The van der Waals surface area contributed by atoms with Crippen molar-refractivity contribution >= 4 is 51.9 Å². The predicted octanol–water partition coefficient (Wildman–Crippen LogP) is 5.12. The maximum absolute atomic E-state index is 13.4. The summed E-state index contributed by atoms with van der Waals surface area (Å²) in [4.78, 5) is 67.1. The van der Waals surface area contributed by atoms with E-state index in [1.807, 2.05) is 34.9 Å². The van der Waals surface area contributed by atoms with E-state index in [4.69, 9.17) is 21.1 Å². The van der Waals surface area contributed by atoms with Crippen molar-refractivity contribution in [2.75, 3.05) is 57.9 Å². The van der Waals surface area contributed by atoms with E-state index in [1.165, 1.54) is 16.7 Å². The lowest BCUT2D eigenvalue weighted by Crippen LogP contribution is -2.54. The molecule has 1 aromatic heterocycles. The van der Waals surface area contributed by atoms with Crippen molar-refractivity contribution in [3.05, 3.63) is 99.4 Å². The fraction of sp³-hybridized carbons (Fsp3) is 0.438. The number of anilines is 1. The van der Waals surface area contributed by atoms with Gasteiger partial charge in [0.1, 0.15) is 17.5 Å². The van der Waals surface area contributed by atoms with Crippen LogP contribution in [0.4, 0.5) is 5.69 Å². The number of hydrogen-bond acceptors (Lipinski definition) is 12. The first-order chi connectivity index (χ1) is 30.8. The van der Waals surface area contributed by atoms with Gasteiger partial charge in [0.15, 0.2) is 0 Å². The van der Waals surface area contributed by atoms with Crippen molar-refractivity contribution in [2.24, 2.45) is 11.6 Å². The Morgan fingerprint density at radius 3 is 2.44 bits per heavy atom. The monoisotopic (exact) mass is 876 g/mol. The second-order valence-corrected chi connectivity index (χ2v) is 16.9. The van der Waals surface area contributed by atoms with Crippen molar-refractivity contribution in [3.8, 4) is 5.75 Å². The van der Waals surface area contributed by atoms with E-state index in [9.17, 15) is 29.1 Å². The molecule has 0 radical (unpaired) electrons. The van der Waals surface area contributed by atoms with Crippen LogP contribution in [0.1, 0.15) is 104 Å². The highest BCUT2D eigenvalue weighted by Gasteiger charge is 2.45. The average Bonchev–Trinajstić information content (AvgIpc) is 3.73. The molecule has 7 rings (SSSR count). The van der Waals surface area contributed by atoms with Gasteiger partial charge in [-0.1, -0.05) is 37.1 Å². The number of carboxylic acids is 1. The van der Waals surface area contributed by atoms with Gasteiger partial charge in [0.2, 0.25) is 11.8 Å². The molecule has 0 aliphatic carbocycles. The molecule has 4 aromatic rings. The zero-order chi connectivity index (χ0) is 45.5. The maximum Gasteiger partial charge on any atom is 0.352 e. The summed E-state index contributed by atoms with van der Waals surface area (Å²) in [6.07, 6.45) is 6.32. The molecule has 2 saturated heterocycles. The van der Waals surface area contributed by atoms with Crippen molar-refractivity contribution in [1.29, 1.82) is 0 Å². The Labute approximate surface area is 373 Å². The summed E-state index contributed by atoms with van der Waals surface area (Å²) in [5, 5.41) is 18.7. The number of aromatic nitrogens is 1. The number of carbonyl (C=O) groups excluding carboxylic acids is 4. The molecule has 3 aliphatic rings. The molecule has 1 atom stereocenters. The Kier molecular flexibility index (Phi) is 14.7. The smallest absolute Gasteiger partial charge is 0.352 e. The van der Waals surface area contributed by atoms with Crippen molar-refractivity contribution in [2.45, 2.75) is 84.7 Å². The summed E-state index contributed by atoms with van der Waals surface area (Å²) in [5.41, 5.74) is 14.3. The van der Waals surface area contributed by atoms with Crippen LogP contribution < -0.4 is 26.9 Å². The number of carboxylic acid groups (broad SMARTS) is 1. The number of aryl methyl sites for hydroxylation is 3. The number of para-hydroxylation sites is 1. The van der Waals surface area contributed by atoms with Crippen LogP contribution in [0.15, 0.2) is 54.7 Å². The molecule has 2 fully saturated rings. The average molecular weight is 877 g/mol. The first-order valence-electron chi connectivity index (χ1n) is 22.3. The number of nitrogens with zero attached hydrogens (tertiary/aromatic N) is 4. The molecule has 3 aliphatic heterocycles. The minimum Gasteiger partial charge on any atom is -0.494 e. The van der Waals surface area contributed by atoms with E-state index in [0.717, 1.165) is 65.9 Å². The van der Waals surface area contributed by atoms with Gasteiger partial charge in [-0.15, -0.1) is 0 Å². The molecule has 4 heterocycles. The highest BCUT2D eigenvalue weighted by Crippen LogP contribution is 2.34. The van der Waals surface area contributed by atoms with Gasteiger partial charge in [0.05, 0.1) is 42.2 Å². The number of aromatic carboxylic acids is 1. The lowest BCUT2D eigenvalue weighted by molar-refractivity contribution is -0.136. The summed E-state index contributed by atoms with van der Waals surface area (Å²) in [7, 11) is 0. The highest BCUT2D eigenvalue weighted by atomic mass is 16.5. The van der Waals surface area contributed by atoms with Crippen LogP contribution in [-0.4, -0.2) is 113 Å². The third-order valence-corrected chi connectivity index (χ3v) is 12.6. The van der Waals surface area contributed by atoms with Crippen molar-refractivity contribution in [1.82, 2.24) is 24.7 Å². The number of unbranched alkanes of at least 4 members (excludes halogenated alkanes) is 3. The van der Waals surface area contributed by atoms with Gasteiger partial charge in [-0.3, -0.25) is 34.3 Å². The molecule has 7 N–H and O–H groups in total. The standard InChI is InChI=1S/C48H60N8O8/c1-30-27-33(28-31(2)32(30)3)64-24-10-14-35-34-11-8-12-36(43(34)55(44(35)48(61)62)21-20-53-22-25-63-26-23-53)38(49)29-54(50)19-7-5-4-6-18-51-39-15-9-13-37-42(39)47(60)56(46(37)59)40-16-17-41(57)52-45(40)58/h8-9,11-13,15,27-29,40,51H,4-7,10,14,16-26,49-50H2,1-3H3,(H,61,62)(H,52,57,58)/b38-29-. The van der Waals surface area contributed by atoms with Crippen LogP contribution >= 0.6 is 0 Å². The first-order valence-corrected chi connectivity index (χ1v) is 22.3. The minimum absolute atomic E-state index is 0.0602. The Hall–Kier alpha value is -6.23. The number of hydrazine groups is 1. The first kappa shape index (κ1) is 45.8. The van der Waals surface area contributed by atoms with Gasteiger partial charge in [0.25, 0.3) is 11.8 Å². The third kappa shape index (κ3) is 10.1. The topological polar surface area (TPSA) is 215 Å². The van der Waals surface area contributed by atoms with E-state index in [2.05, 4.69) is 36.3 Å². The Balaban J connectivity index is 0.971. The number of ether oxygens (including phenoxy) is 2. The lowest BCUT2D eigenvalue weighted by atomic mass is 10.0. The van der Waals surface area contributed by atoms with Gasteiger partial charge in [0, 0.05) is 68.5 Å². The van der Waals surface area contributed by atoms with Gasteiger partial charge >= 0.3 is 5.97 Å². The summed E-state index contributed by atoms with van der Waals surface area (Å²) in [6.45, 7) is 11.7. The predicted molar refractivity (Wildman–Crippen MR) is 244 cm³/mol. The number of benzene rings is 3. The van der Waals surface area contributed by atoms with Crippen LogP contribution in [0.2, 0.25) is 0 Å². The summed E-state index contributed by atoms with van der Waals surface area (Å²) in [5.74, 6) is 4.17. The summed E-state index contributed by atoms with van der Waals surface area (Å²) >= 11 is 0. The van der Waals surface area contributed by atoms with Gasteiger partial charge in [-0.05, 0) is 99.4 Å². The largest absolute Gasteiger partial charge is 0.494 e. The van der Waals surface area contributed by atoms with Crippen LogP contribution in [-0.2, 0) is 27.3 Å². The van der Waals surface area contributed by atoms with Crippen LogP contribution in [0.5, 0.6) is 5.75 Å². The van der Waals surface area contributed by atoms with Gasteiger partial charge in [-0.25, -0.2) is 10.6 Å². The number of imide groups is 2. The Morgan fingerprint density at radius 2 is 1.70 bits per heavy atom. The van der Waals surface area contributed by atoms with Gasteiger partial charge in [-0.2, -0.15) is 0 Å². The number of hydrogen-bond donors (Lipinski definition) is 5. The summed E-state index contributed by atoms with van der Waals surface area (Å²) in [6, 6.07) is 13.9. The quantitative estimate of drug-likeness (QED) is 0.0338. The van der Waals surface area contributed by atoms with Crippen LogP contribution in [0.25, 0.3) is 16.6 Å². The molecule has 64 heavy (non-hydrogen) atoms. The van der Waals surface area contributed by atoms with Crippen LogP contribution in [0.3, 0.4) is 0 Å². The van der Waals surface area contributed by atoms with E-state index in [-0.39, 0.29) is 29.7 Å².